The van der Waals surface area contributed by atoms with Crippen molar-refractivity contribution in [1.29, 1.82) is 0 Å². The normalized spacial score (nSPS) is 11.0. The third-order valence-corrected chi connectivity index (χ3v) is 5.22. The van der Waals surface area contributed by atoms with Crippen molar-refractivity contribution in [3.8, 4) is 17.0 Å². The number of hydrogen-bond acceptors (Lipinski definition) is 5. The highest BCUT2D eigenvalue weighted by Crippen LogP contribution is 2.26. The van der Waals surface area contributed by atoms with E-state index in [4.69, 9.17) is 4.74 Å². The number of rotatable bonds is 7. The molecule has 0 aliphatic rings. The number of amides is 1. The second-order valence-corrected chi connectivity index (χ2v) is 7.24. The first-order chi connectivity index (χ1) is 14.1. The minimum Gasteiger partial charge on any atom is -0.493 e. The second-order valence-electron chi connectivity index (χ2n) is 6.40. The van der Waals surface area contributed by atoms with Crippen LogP contribution in [0.1, 0.15) is 18.9 Å². The lowest BCUT2D eigenvalue weighted by atomic mass is 10.2. The van der Waals surface area contributed by atoms with E-state index in [1.807, 2.05) is 29.6 Å². The molecule has 2 aromatic carbocycles. The average molecular weight is 410 g/mol. The molecule has 0 radical (unpaired) electrons. The van der Waals surface area contributed by atoms with Gasteiger partial charge in [0.25, 0.3) is 0 Å². The molecule has 2 heterocycles. The van der Waals surface area contributed by atoms with Gasteiger partial charge in [0, 0.05) is 10.9 Å². The standard InChI is InChI=1S/C21H19FN4O2S/c1-2-14-3-9-17(10-4-14)28-12-11-19(27)23-20-24-21-26(25-20)18(13-29-21)15-5-7-16(22)8-6-15/h3-10,13H,2,11-12H2,1H3,(H,23,25,27). The van der Waals surface area contributed by atoms with E-state index in [1.54, 1.807) is 16.6 Å². The van der Waals surface area contributed by atoms with E-state index in [2.05, 4.69) is 22.3 Å². The summed E-state index contributed by atoms with van der Waals surface area (Å²) in [7, 11) is 0. The van der Waals surface area contributed by atoms with Gasteiger partial charge in [-0.3, -0.25) is 10.1 Å². The van der Waals surface area contributed by atoms with Gasteiger partial charge in [-0.05, 0) is 48.4 Å². The summed E-state index contributed by atoms with van der Waals surface area (Å²) in [6, 6.07) is 14.0. The molecule has 0 aliphatic heterocycles. The van der Waals surface area contributed by atoms with Crippen LogP contribution in [0.3, 0.4) is 0 Å². The van der Waals surface area contributed by atoms with Crippen molar-refractivity contribution in [2.24, 2.45) is 0 Å². The number of anilines is 1. The summed E-state index contributed by atoms with van der Waals surface area (Å²) in [5.74, 6) is 0.448. The first-order valence-electron chi connectivity index (χ1n) is 9.24. The van der Waals surface area contributed by atoms with Gasteiger partial charge in [-0.1, -0.05) is 19.1 Å². The van der Waals surface area contributed by atoms with E-state index in [1.165, 1.54) is 29.0 Å². The van der Waals surface area contributed by atoms with Gasteiger partial charge in [0.15, 0.2) is 0 Å². The fourth-order valence-electron chi connectivity index (χ4n) is 2.82. The van der Waals surface area contributed by atoms with Crippen LogP contribution in [0.2, 0.25) is 0 Å². The predicted molar refractivity (Wildman–Crippen MR) is 111 cm³/mol. The van der Waals surface area contributed by atoms with E-state index in [0.29, 0.717) is 4.96 Å². The molecule has 1 N–H and O–H groups in total. The van der Waals surface area contributed by atoms with Crippen LogP contribution in [-0.2, 0) is 11.2 Å². The number of hydrogen-bond donors (Lipinski definition) is 1. The molecule has 8 heteroatoms. The number of nitrogens with zero attached hydrogens (tertiary/aromatic N) is 3. The van der Waals surface area contributed by atoms with Crippen molar-refractivity contribution in [2.45, 2.75) is 19.8 Å². The molecule has 0 atom stereocenters. The molecular formula is C21H19FN4O2S. The summed E-state index contributed by atoms with van der Waals surface area (Å²) in [6.07, 6.45) is 1.16. The Morgan fingerprint density at radius 3 is 2.66 bits per heavy atom. The maximum atomic E-state index is 13.1. The van der Waals surface area contributed by atoms with Crippen molar-refractivity contribution in [3.63, 3.8) is 0 Å². The quantitative estimate of drug-likeness (QED) is 0.485. The van der Waals surface area contributed by atoms with Crippen molar-refractivity contribution < 1.29 is 13.9 Å². The summed E-state index contributed by atoms with van der Waals surface area (Å²) in [5.41, 5.74) is 2.85. The van der Waals surface area contributed by atoms with Crippen LogP contribution >= 0.6 is 11.3 Å². The fraction of sp³-hybridized carbons (Fsp3) is 0.190. The third-order valence-electron chi connectivity index (χ3n) is 4.40. The van der Waals surface area contributed by atoms with Crippen molar-refractivity contribution in [1.82, 2.24) is 14.6 Å². The largest absolute Gasteiger partial charge is 0.493 e. The number of benzene rings is 2. The molecule has 4 aromatic rings. The molecule has 0 fully saturated rings. The molecule has 4 rings (SSSR count). The molecule has 1 amide bonds. The van der Waals surface area contributed by atoms with Gasteiger partial charge in [0.05, 0.1) is 18.7 Å². The Hall–Kier alpha value is -3.26. The highest BCUT2D eigenvalue weighted by Gasteiger charge is 2.13. The summed E-state index contributed by atoms with van der Waals surface area (Å²) in [5, 5.41) is 8.94. The van der Waals surface area contributed by atoms with Crippen LogP contribution in [0.5, 0.6) is 5.75 Å². The number of halogens is 1. The third kappa shape index (κ3) is 4.43. The van der Waals surface area contributed by atoms with Gasteiger partial charge < -0.3 is 4.74 Å². The van der Waals surface area contributed by atoms with Gasteiger partial charge in [-0.15, -0.1) is 16.4 Å². The van der Waals surface area contributed by atoms with Crippen LogP contribution in [0.25, 0.3) is 16.2 Å². The Kier molecular flexibility index (Phi) is 5.53. The van der Waals surface area contributed by atoms with Crippen LogP contribution < -0.4 is 10.1 Å². The number of ether oxygens (including phenoxy) is 1. The van der Waals surface area contributed by atoms with Gasteiger partial charge >= 0.3 is 0 Å². The maximum absolute atomic E-state index is 13.1. The van der Waals surface area contributed by atoms with Gasteiger partial charge in [-0.25, -0.2) is 8.91 Å². The first kappa shape index (κ1) is 19.1. The predicted octanol–water partition coefficient (Wildman–Crippen LogP) is 4.57. The van der Waals surface area contributed by atoms with Crippen LogP contribution in [-0.4, -0.2) is 27.1 Å². The SMILES string of the molecule is CCc1ccc(OCCC(=O)Nc2nc3scc(-c4ccc(F)cc4)n3n2)cc1. The minimum atomic E-state index is -0.296. The Bertz CT molecular complexity index is 1120. The van der Waals surface area contributed by atoms with Crippen LogP contribution in [0, 0.1) is 5.82 Å². The van der Waals surface area contributed by atoms with Crippen molar-refractivity contribution >= 4 is 28.2 Å². The minimum absolute atomic E-state index is 0.188. The second kappa shape index (κ2) is 8.40. The Labute approximate surface area is 171 Å². The molecule has 0 aliphatic carbocycles. The highest BCUT2D eigenvalue weighted by atomic mass is 32.1. The van der Waals surface area contributed by atoms with E-state index < -0.39 is 0 Å². The Morgan fingerprint density at radius 2 is 1.93 bits per heavy atom. The Balaban J connectivity index is 1.36. The van der Waals surface area contributed by atoms with E-state index >= 15 is 0 Å². The van der Waals surface area contributed by atoms with E-state index in [9.17, 15) is 9.18 Å². The number of aromatic nitrogens is 3. The smallest absolute Gasteiger partial charge is 0.250 e. The molecule has 0 saturated carbocycles. The molecular weight excluding hydrogens is 391 g/mol. The zero-order valence-electron chi connectivity index (χ0n) is 15.8. The summed E-state index contributed by atoms with van der Waals surface area (Å²) >= 11 is 1.40. The zero-order chi connectivity index (χ0) is 20.2. The van der Waals surface area contributed by atoms with Gasteiger partial charge in [-0.2, -0.15) is 4.98 Å². The number of aryl methyl sites for hydroxylation is 1. The molecule has 148 valence electrons. The average Bonchev–Trinajstić information content (AvgIpc) is 3.29. The molecule has 0 spiro atoms. The fourth-order valence-corrected chi connectivity index (χ4v) is 3.65. The highest BCUT2D eigenvalue weighted by molar-refractivity contribution is 7.15. The Morgan fingerprint density at radius 1 is 1.17 bits per heavy atom. The van der Waals surface area contributed by atoms with E-state index in [-0.39, 0.29) is 30.7 Å². The maximum Gasteiger partial charge on any atom is 0.250 e. The summed E-state index contributed by atoms with van der Waals surface area (Å²) < 4.78 is 20.4. The van der Waals surface area contributed by atoms with Crippen LogP contribution in [0.4, 0.5) is 10.3 Å². The van der Waals surface area contributed by atoms with E-state index in [0.717, 1.165) is 23.4 Å². The summed E-state index contributed by atoms with van der Waals surface area (Å²) in [4.78, 5) is 17.1. The topological polar surface area (TPSA) is 68.5 Å². The van der Waals surface area contributed by atoms with Crippen molar-refractivity contribution in [3.05, 3.63) is 65.3 Å². The monoisotopic (exact) mass is 410 g/mol. The van der Waals surface area contributed by atoms with Crippen molar-refractivity contribution in [2.75, 3.05) is 11.9 Å². The number of carbonyl (C=O) groups excluding carboxylic acids is 1. The molecule has 29 heavy (non-hydrogen) atoms. The molecule has 2 aromatic heterocycles. The lowest BCUT2D eigenvalue weighted by Crippen LogP contribution is -2.16. The molecule has 6 nitrogen and oxygen atoms in total. The van der Waals surface area contributed by atoms with Gasteiger partial charge in [0.1, 0.15) is 11.6 Å². The zero-order valence-corrected chi connectivity index (χ0v) is 16.6. The lowest BCUT2D eigenvalue weighted by Gasteiger charge is -2.06. The number of thiazole rings is 1. The van der Waals surface area contributed by atoms with Crippen LogP contribution in [0.15, 0.2) is 53.9 Å². The van der Waals surface area contributed by atoms with Gasteiger partial charge in [0.2, 0.25) is 16.8 Å². The number of carbonyl (C=O) groups is 1. The molecule has 0 unspecified atom stereocenters. The summed E-state index contributed by atoms with van der Waals surface area (Å²) in [6.45, 7) is 2.36. The first-order valence-corrected chi connectivity index (χ1v) is 10.1. The number of fused-ring (bicyclic) bond motifs is 1. The molecule has 0 bridgehead atoms. The lowest BCUT2D eigenvalue weighted by molar-refractivity contribution is -0.116. The number of nitrogens with one attached hydrogen (secondary N) is 1. The molecule has 0 saturated heterocycles.